The molecule has 1 aliphatic heterocycles. The molecule has 0 atom stereocenters. The Morgan fingerprint density at radius 2 is 1.12 bits per heavy atom. The predicted molar refractivity (Wildman–Crippen MR) is 99.9 cm³/mol. The molecular weight excluding hydrogens is 297 g/mol. The average molecular weight is 313 g/mol. The van der Waals surface area contributed by atoms with Gasteiger partial charge < -0.3 is 14.9 Å². The summed E-state index contributed by atoms with van der Waals surface area (Å²) in [5, 5.41) is 18.6. The van der Waals surface area contributed by atoms with Gasteiger partial charge in [0.2, 0.25) is 0 Å². The number of hydrogen-bond acceptors (Lipinski definition) is 3. The second kappa shape index (κ2) is 6.00. The van der Waals surface area contributed by atoms with Gasteiger partial charge in [0.1, 0.15) is 0 Å². The molecule has 1 heterocycles. The van der Waals surface area contributed by atoms with Crippen LogP contribution in [0.1, 0.15) is 11.1 Å². The molecule has 3 nitrogen and oxygen atoms in total. The Balaban J connectivity index is 1.91. The highest BCUT2D eigenvalue weighted by molar-refractivity contribution is 6.58. The van der Waals surface area contributed by atoms with Crippen molar-refractivity contribution in [2.45, 2.75) is 0 Å². The van der Waals surface area contributed by atoms with E-state index in [0.717, 1.165) is 28.2 Å². The molecule has 1 aliphatic rings. The Labute approximate surface area is 141 Å². The summed E-state index contributed by atoms with van der Waals surface area (Å²) < 4.78 is 0. The maximum absolute atomic E-state index is 9.32. The lowest BCUT2D eigenvalue weighted by atomic mass is 9.80. The third kappa shape index (κ3) is 2.52. The van der Waals surface area contributed by atoms with E-state index in [4.69, 9.17) is 0 Å². The van der Waals surface area contributed by atoms with Crippen molar-refractivity contribution in [1.82, 2.24) is 0 Å². The summed E-state index contributed by atoms with van der Waals surface area (Å²) in [5.74, 6) is 0. The van der Waals surface area contributed by atoms with E-state index >= 15 is 0 Å². The Morgan fingerprint density at radius 1 is 0.625 bits per heavy atom. The average Bonchev–Trinajstić information content (AvgIpc) is 2.79. The Kier molecular flexibility index (Phi) is 3.69. The van der Waals surface area contributed by atoms with Crippen LogP contribution in [-0.4, -0.2) is 17.2 Å². The Hall–Kier alpha value is -2.82. The van der Waals surface area contributed by atoms with Crippen LogP contribution in [0.3, 0.4) is 0 Å². The zero-order valence-corrected chi connectivity index (χ0v) is 13.0. The minimum absolute atomic E-state index is 0.480. The summed E-state index contributed by atoms with van der Waals surface area (Å²) in [7, 11) is -1.45. The predicted octanol–water partition coefficient (Wildman–Crippen LogP) is 3.32. The molecule has 4 rings (SSSR count). The molecule has 0 aliphatic carbocycles. The zero-order chi connectivity index (χ0) is 16.5. The highest BCUT2D eigenvalue weighted by Crippen LogP contribution is 2.41. The van der Waals surface area contributed by atoms with Gasteiger partial charge in [-0.25, -0.2) is 0 Å². The molecule has 0 aromatic heterocycles. The highest BCUT2D eigenvalue weighted by atomic mass is 16.4. The maximum Gasteiger partial charge on any atom is 0.488 e. The molecule has 0 saturated heterocycles. The molecule has 3 aromatic rings. The first-order valence-electron chi connectivity index (χ1n) is 7.86. The zero-order valence-electron chi connectivity index (χ0n) is 13.0. The minimum Gasteiger partial charge on any atom is -0.423 e. The van der Waals surface area contributed by atoms with Crippen molar-refractivity contribution in [3.8, 4) is 0 Å². The van der Waals surface area contributed by atoms with Crippen LogP contribution in [-0.2, 0) is 0 Å². The molecule has 116 valence electrons. The summed E-state index contributed by atoms with van der Waals surface area (Å²) in [4.78, 5) is 2.19. The van der Waals surface area contributed by atoms with Gasteiger partial charge in [-0.1, -0.05) is 60.7 Å². The van der Waals surface area contributed by atoms with Crippen LogP contribution in [0.5, 0.6) is 0 Å². The van der Waals surface area contributed by atoms with E-state index in [-0.39, 0.29) is 0 Å². The van der Waals surface area contributed by atoms with E-state index in [0.29, 0.717) is 5.46 Å². The van der Waals surface area contributed by atoms with Crippen LogP contribution in [0.15, 0.2) is 72.8 Å². The topological polar surface area (TPSA) is 43.7 Å². The molecule has 0 unspecified atom stereocenters. The van der Waals surface area contributed by atoms with Gasteiger partial charge in [0, 0.05) is 5.69 Å². The van der Waals surface area contributed by atoms with Crippen molar-refractivity contribution >= 4 is 41.8 Å². The van der Waals surface area contributed by atoms with Crippen LogP contribution in [0.4, 0.5) is 17.1 Å². The van der Waals surface area contributed by atoms with E-state index in [2.05, 4.69) is 41.3 Å². The minimum atomic E-state index is -1.45. The Bertz CT molecular complexity index is 854. The van der Waals surface area contributed by atoms with Gasteiger partial charge in [-0.05, 0) is 40.9 Å². The van der Waals surface area contributed by atoms with Gasteiger partial charge in [0.15, 0.2) is 0 Å². The first-order valence-corrected chi connectivity index (χ1v) is 7.86. The van der Waals surface area contributed by atoms with Gasteiger partial charge in [-0.2, -0.15) is 0 Å². The quantitative estimate of drug-likeness (QED) is 0.558. The number of rotatable bonds is 2. The number of nitrogens with zero attached hydrogens (tertiary/aromatic N) is 1. The molecule has 3 aromatic carbocycles. The molecule has 2 N–H and O–H groups in total. The van der Waals surface area contributed by atoms with E-state index in [1.54, 1.807) is 12.1 Å². The molecule has 0 radical (unpaired) electrons. The summed E-state index contributed by atoms with van der Waals surface area (Å²) in [6, 6.07) is 23.8. The van der Waals surface area contributed by atoms with Crippen LogP contribution in [0.25, 0.3) is 12.2 Å². The normalized spacial score (nSPS) is 12.3. The lowest BCUT2D eigenvalue weighted by Gasteiger charge is -2.27. The SMILES string of the molecule is OB(O)c1ccc(N2c3ccccc3C=Cc3ccccc32)cc1. The summed E-state index contributed by atoms with van der Waals surface area (Å²) in [6.07, 6.45) is 4.25. The number of anilines is 3. The molecule has 0 spiro atoms. The summed E-state index contributed by atoms with van der Waals surface area (Å²) >= 11 is 0. The second-order valence-electron chi connectivity index (χ2n) is 5.75. The van der Waals surface area contributed by atoms with Crippen molar-refractivity contribution in [2.24, 2.45) is 0 Å². The van der Waals surface area contributed by atoms with Crippen LogP contribution < -0.4 is 10.4 Å². The number of fused-ring (bicyclic) bond motifs is 2. The standard InChI is InChI=1S/C20H16BNO2/c23-21(24)17-11-13-18(14-12-17)22-19-7-3-1-5-15(19)9-10-16-6-2-4-8-20(16)22/h1-14,23-24H. The monoisotopic (exact) mass is 313 g/mol. The molecule has 24 heavy (non-hydrogen) atoms. The van der Waals surface area contributed by atoms with Gasteiger partial charge in [-0.15, -0.1) is 0 Å². The first-order chi connectivity index (χ1) is 11.7. The van der Waals surface area contributed by atoms with E-state index in [1.807, 2.05) is 36.4 Å². The van der Waals surface area contributed by atoms with Crippen molar-refractivity contribution in [3.63, 3.8) is 0 Å². The fourth-order valence-electron chi connectivity index (χ4n) is 3.05. The molecule has 4 heteroatoms. The number of hydrogen-bond donors (Lipinski definition) is 2. The smallest absolute Gasteiger partial charge is 0.423 e. The van der Waals surface area contributed by atoms with E-state index in [1.165, 1.54) is 0 Å². The fraction of sp³-hybridized carbons (Fsp3) is 0. The fourth-order valence-corrected chi connectivity index (χ4v) is 3.05. The van der Waals surface area contributed by atoms with Crippen molar-refractivity contribution in [2.75, 3.05) is 4.90 Å². The van der Waals surface area contributed by atoms with E-state index < -0.39 is 7.12 Å². The lowest BCUT2D eigenvalue weighted by molar-refractivity contribution is 0.426. The molecule has 0 amide bonds. The lowest BCUT2D eigenvalue weighted by Crippen LogP contribution is -2.29. The van der Waals surface area contributed by atoms with Crippen molar-refractivity contribution in [3.05, 3.63) is 83.9 Å². The van der Waals surface area contributed by atoms with Gasteiger partial charge in [-0.3, -0.25) is 0 Å². The first kappa shape index (κ1) is 14.8. The van der Waals surface area contributed by atoms with Crippen LogP contribution >= 0.6 is 0 Å². The summed E-state index contributed by atoms with van der Waals surface area (Å²) in [5.41, 5.74) is 5.92. The second-order valence-corrected chi connectivity index (χ2v) is 5.75. The number of para-hydroxylation sites is 2. The van der Waals surface area contributed by atoms with Gasteiger partial charge >= 0.3 is 7.12 Å². The molecule has 0 fully saturated rings. The van der Waals surface area contributed by atoms with Crippen LogP contribution in [0.2, 0.25) is 0 Å². The van der Waals surface area contributed by atoms with E-state index in [9.17, 15) is 10.0 Å². The Morgan fingerprint density at radius 3 is 1.62 bits per heavy atom. The van der Waals surface area contributed by atoms with Crippen molar-refractivity contribution in [1.29, 1.82) is 0 Å². The van der Waals surface area contributed by atoms with Crippen molar-refractivity contribution < 1.29 is 10.0 Å². The third-order valence-corrected chi connectivity index (χ3v) is 4.25. The molecule has 0 bridgehead atoms. The maximum atomic E-state index is 9.32. The molecular formula is C20H16BNO2. The highest BCUT2D eigenvalue weighted by Gasteiger charge is 2.20. The number of benzene rings is 3. The third-order valence-electron chi connectivity index (χ3n) is 4.25. The van der Waals surface area contributed by atoms with Gasteiger partial charge in [0.05, 0.1) is 11.4 Å². The summed E-state index contributed by atoms with van der Waals surface area (Å²) in [6.45, 7) is 0. The van der Waals surface area contributed by atoms with Crippen LogP contribution in [0, 0.1) is 0 Å². The largest absolute Gasteiger partial charge is 0.488 e. The van der Waals surface area contributed by atoms with Gasteiger partial charge in [0.25, 0.3) is 0 Å². The molecule has 0 saturated carbocycles.